The maximum absolute atomic E-state index is 12.2. The first-order valence-electron chi connectivity index (χ1n) is 10.4. The van der Waals surface area contributed by atoms with Gasteiger partial charge >= 0.3 is 0 Å². The average Bonchev–Trinajstić information content (AvgIpc) is 3.18. The molecule has 0 saturated carbocycles. The molecule has 1 fully saturated rings. The van der Waals surface area contributed by atoms with Crippen LogP contribution in [0.1, 0.15) is 17.5 Å². The molecule has 166 valence electrons. The number of thioether (sulfide) groups is 1. The second kappa shape index (κ2) is 11.1. The lowest BCUT2D eigenvalue weighted by Gasteiger charge is -2.08. The standard InChI is InChI=1S/C25H22N4O3S/c30-23(27-20-12-5-2-6-13-20)15-22-24(31)28-25(33-22)29-26-16-19-11-7-8-14-21(19)32-17-18-9-3-1-4-10-18/h1-14,16,22H,15,17H2,(H,27,30)(H,28,29,31)/b26-16-/t22-/m0/s1. The number of hydrogen-bond acceptors (Lipinski definition) is 6. The molecule has 2 amide bonds. The second-order valence-electron chi connectivity index (χ2n) is 7.18. The van der Waals surface area contributed by atoms with Crippen molar-refractivity contribution in [2.45, 2.75) is 18.3 Å². The van der Waals surface area contributed by atoms with Crippen LogP contribution < -0.4 is 15.4 Å². The van der Waals surface area contributed by atoms with Crippen molar-refractivity contribution in [3.63, 3.8) is 0 Å². The van der Waals surface area contributed by atoms with Crippen molar-refractivity contribution >= 4 is 40.6 Å². The number of rotatable bonds is 8. The average molecular weight is 459 g/mol. The maximum atomic E-state index is 12.2. The van der Waals surface area contributed by atoms with E-state index in [2.05, 4.69) is 20.8 Å². The van der Waals surface area contributed by atoms with Crippen LogP contribution >= 0.6 is 11.8 Å². The van der Waals surface area contributed by atoms with Crippen LogP contribution in [-0.4, -0.2) is 28.4 Å². The summed E-state index contributed by atoms with van der Waals surface area (Å²) in [6, 6.07) is 26.5. The molecule has 1 atom stereocenters. The molecule has 3 aromatic carbocycles. The number of nitrogens with zero attached hydrogens (tertiary/aromatic N) is 2. The van der Waals surface area contributed by atoms with E-state index in [1.54, 1.807) is 18.3 Å². The van der Waals surface area contributed by atoms with Gasteiger partial charge in [-0.15, -0.1) is 5.10 Å². The van der Waals surface area contributed by atoms with Crippen molar-refractivity contribution < 1.29 is 14.3 Å². The molecular formula is C25H22N4O3S. The van der Waals surface area contributed by atoms with Crippen LogP contribution in [-0.2, 0) is 16.2 Å². The number of anilines is 1. The van der Waals surface area contributed by atoms with E-state index >= 15 is 0 Å². The summed E-state index contributed by atoms with van der Waals surface area (Å²) in [5, 5.41) is 13.5. The first-order valence-corrected chi connectivity index (χ1v) is 11.2. The molecule has 1 aliphatic rings. The first-order chi connectivity index (χ1) is 16.2. The molecule has 3 aromatic rings. The number of nitrogens with one attached hydrogen (secondary N) is 2. The molecule has 1 aliphatic heterocycles. The molecule has 0 unspecified atom stereocenters. The fourth-order valence-electron chi connectivity index (χ4n) is 3.09. The van der Waals surface area contributed by atoms with E-state index in [-0.39, 0.29) is 18.2 Å². The van der Waals surface area contributed by atoms with Crippen molar-refractivity contribution in [3.8, 4) is 5.75 Å². The van der Waals surface area contributed by atoms with Crippen molar-refractivity contribution in [2.75, 3.05) is 5.32 Å². The Bertz CT molecular complexity index is 1170. The Labute approximate surface area is 196 Å². The molecule has 0 aliphatic carbocycles. The summed E-state index contributed by atoms with van der Waals surface area (Å²) in [7, 11) is 0. The van der Waals surface area contributed by atoms with E-state index in [1.165, 1.54) is 11.8 Å². The number of para-hydroxylation sites is 2. The zero-order chi connectivity index (χ0) is 22.9. The predicted molar refractivity (Wildman–Crippen MR) is 131 cm³/mol. The lowest BCUT2D eigenvalue weighted by atomic mass is 10.2. The molecule has 8 heteroatoms. The van der Waals surface area contributed by atoms with Gasteiger partial charge in [-0.3, -0.25) is 9.59 Å². The molecule has 0 spiro atoms. The molecule has 0 aromatic heterocycles. The summed E-state index contributed by atoms with van der Waals surface area (Å²) >= 11 is 1.19. The molecular weight excluding hydrogens is 436 g/mol. The third-order valence-corrected chi connectivity index (χ3v) is 5.78. The van der Waals surface area contributed by atoms with Gasteiger partial charge in [0.2, 0.25) is 11.8 Å². The van der Waals surface area contributed by atoms with Gasteiger partial charge in [0.05, 0.1) is 6.21 Å². The fourth-order valence-corrected chi connectivity index (χ4v) is 4.01. The Morgan fingerprint density at radius 3 is 2.48 bits per heavy atom. The van der Waals surface area contributed by atoms with Gasteiger partial charge in [-0.05, 0) is 29.8 Å². The number of carbonyl (C=O) groups is 2. The Balaban J connectivity index is 1.33. The smallest absolute Gasteiger partial charge is 0.240 e. The summed E-state index contributed by atoms with van der Waals surface area (Å²) in [5.74, 6) is 0.190. The number of amides is 2. The topological polar surface area (TPSA) is 92.2 Å². The van der Waals surface area contributed by atoms with Crippen LogP contribution in [0.3, 0.4) is 0 Å². The van der Waals surface area contributed by atoms with Crippen LogP contribution in [0, 0.1) is 0 Å². The van der Waals surface area contributed by atoms with Gasteiger partial charge in [0, 0.05) is 17.7 Å². The molecule has 1 heterocycles. The highest BCUT2D eigenvalue weighted by molar-refractivity contribution is 8.15. The largest absolute Gasteiger partial charge is 0.488 e. The highest BCUT2D eigenvalue weighted by atomic mass is 32.2. The van der Waals surface area contributed by atoms with E-state index < -0.39 is 5.25 Å². The molecule has 7 nitrogen and oxygen atoms in total. The number of amidine groups is 1. The van der Waals surface area contributed by atoms with E-state index in [0.717, 1.165) is 11.1 Å². The number of carbonyl (C=O) groups excluding carboxylic acids is 2. The zero-order valence-corrected chi connectivity index (χ0v) is 18.5. The van der Waals surface area contributed by atoms with Gasteiger partial charge < -0.3 is 15.4 Å². The van der Waals surface area contributed by atoms with Crippen LogP contribution in [0.2, 0.25) is 0 Å². The Kier molecular flexibility index (Phi) is 7.50. The number of ether oxygens (including phenoxy) is 1. The molecule has 0 radical (unpaired) electrons. The Hall–Kier alpha value is -3.91. The molecule has 33 heavy (non-hydrogen) atoms. The minimum absolute atomic E-state index is 0.0459. The monoisotopic (exact) mass is 458 g/mol. The van der Waals surface area contributed by atoms with E-state index in [9.17, 15) is 9.59 Å². The summed E-state index contributed by atoms with van der Waals surface area (Å²) in [4.78, 5) is 24.4. The SMILES string of the molecule is O=C(C[C@@H]1S/C(=N\N=C/c2ccccc2OCc2ccccc2)NC1=O)Nc1ccccc1. The fraction of sp³-hybridized carbons (Fsp3) is 0.120. The van der Waals surface area contributed by atoms with Gasteiger partial charge in [-0.25, -0.2) is 0 Å². The summed E-state index contributed by atoms with van der Waals surface area (Å²) in [6.45, 7) is 0.443. The lowest BCUT2D eigenvalue weighted by molar-refractivity contribution is -0.122. The lowest BCUT2D eigenvalue weighted by Crippen LogP contribution is -2.28. The normalized spacial score (nSPS) is 16.7. The summed E-state index contributed by atoms with van der Waals surface area (Å²) < 4.78 is 5.91. The third-order valence-electron chi connectivity index (χ3n) is 4.71. The van der Waals surface area contributed by atoms with E-state index in [1.807, 2.05) is 72.8 Å². The zero-order valence-electron chi connectivity index (χ0n) is 17.7. The van der Waals surface area contributed by atoms with Gasteiger partial charge in [0.15, 0.2) is 5.17 Å². The maximum Gasteiger partial charge on any atom is 0.240 e. The van der Waals surface area contributed by atoms with Crippen LogP contribution in [0.5, 0.6) is 5.75 Å². The van der Waals surface area contributed by atoms with E-state index in [4.69, 9.17) is 4.74 Å². The second-order valence-corrected chi connectivity index (χ2v) is 8.37. The van der Waals surface area contributed by atoms with Crippen molar-refractivity contribution in [3.05, 3.63) is 96.1 Å². The van der Waals surface area contributed by atoms with Crippen molar-refractivity contribution in [1.29, 1.82) is 0 Å². The van der Waals surface area contributed by atoms with Gasteiger partial charge in [-0.1, -0.05) is 72.4 Å². The molecule has 0 bridgehead atoms. The number of benzene rings is 3. The summed E-state index contributed by atoms with van der Waals surface area (Å²) in [5.41, 5.74) is 2.53. The third kappa shape index (κ3) is 6.54. The quantitative estimate of drug-likeness (QED) is 0.391. The van der Waals surface area contributed by atoms with Crippen molar-refractivity contribution in [2.24, 2.45) is 10.2 Å². The highest BCUT2D eigenvalue weighted by Crippen LogP contribution is 2.23. The molecule has 2 N–H and O–H groups in total. The van der Waals surface area contributed by atoms with Crippen molar-refractivity contribution in [1.82, 2.24) is 5.32 Å². The van der Waals surface area contributed by atoms with Gasteiger partial charge in [0.1, 0.15) is 17.6 Å². The highest BCUT2D eigenvalue weighted by Gasteiger charge is 2.32. The Morgan fingerprint density at radius 1 is 1.00 bits per heavy atom. The van der Waals surface area contributed by atoms with Gasteiger partial charge in [0.25, 0.3) is 0 Å². The van der Waals surface area contributed by atoms with E-state index in [0.29, 0.717) is 23.2 Å². The predicted octanol–water partition coefficient (Wildman–Crippen LogP) is 4.22. The Morgan fingerprint density at radius 2 is 1.70 bits per heavy atom. The minimum Gasteiger partial charge on any atom is -0.488 e. The minimum atomic E-state index is -0.552. The van der Waals surface area contributed by atoms with Gasteiger partial charge in [-0.2, -0.15) is 5.10 Å². The van der Waals surface area contributed by atoms with Crippen LogP contribution in [0.25, 0.3) is 0 Å². The molecule has 4 rings (SSSR count). The van der Waals surface area contributed by atoms with Crippen LogP contribution in [0.4, 0.5) is 5.69 Å². The number of hydrogen-bond donors (Lipinski definition) is 2. The molecule has 1 saturated heterocycles. The summed E-state index contributed by atoms with van der Waals surface area (Å²) in [6.07, 6.45) is 1.62. The first kappa shape index (κ1) is 22.3. The van der Waals surface area contributed by atoms with Crippen LogP contribution in [0.15, 0.2) is 95.1 Å².